The predicted octanol–water partition coefficient (Wildman–Crippen LogP) is 5.84. The SMILES string of the molecule is CN(C)CCCCCc1sc2ccccc2c1-c1ccccc1. The number of nitrogens with zero attached hydrogens (tertiary/aromatic N) is 1. The molecule has 0 amide bonds. The zero-order chi connectivity index (χ0) is 16.1. The van der Waals surface area contributed by atoms with Crippen molar-refractivity contribution in [1.82, 2.24) is 4.90 Å². The van der Waals surface area contributed by atoms with Gasteiger partial charge < -0.3 is 4.90 Å². The standard InChI is InChI=1S/C21H25NS/c1-22(2)16-10-4-7-15-20-21(17-11-5-3-6-12-17)18-13-8-9-14-19(18)23-20/h3,5-6,8-9,11-14H,4,7,10,15-16H2,1-2H3. The summed E-state index contributed by atoms with van der Waals surface area (Å²) in [6, 6.07) is 19.7. The molecule has 0 atom stereocenters. The maximum atomic E-state index is 2.27. The molecule has 2 heteroatoms. The molecule has 0 saturated carbocycles. The number of thiophene rings is 1. The van der Waals surface area contributed by atoms with Gasteiger partial charge in [0.05, 0.1) is 0 Å². The molecule has 0 fully saturated rings. The molecule has 0 aliphatic carbocycles. The van der Waals surface area contributed by atoms with Crippen molar-refractivity contribution in [3.05, 3.63) is 59.5 Å². The Morgan fingerprint density at radius 2 is 1.57 bits per heavy atom. The van der Waals surface area contributed by atoms with Gasteiger partial charge in [-0.05, 0) is 51.5 Å². The summed E-state index contributed by atoms with van der Waals surface area (Å²) in [5.74, 6) is 0. The molecule has 0 bridgehead atoms. The normalized spacial score (nSPS) is 11.4. The monoisotopic (exact) mass is 323 g/mol. The van der Waals surface area contributed by atoms with Crippen LogP contribution in [0.3, 0.4) is 0 Å². The van der Waals surface area contributed by atoms with Crippen molar-refractivity contribution in [3.8, 4) is 11.1 Å². The summed E-state index contributed by atoms with van der Waals surface area (Å²) >= 11 is 1.97. The first-order valence-electron chi connectivity index (χ1n) is 8.46. The summed E-state index contributed by atoms with van der Waals surface area (Å²) in [5.41, 5.74) is 2.81. The van der Waals surface area contributed by atoms with E-state index in [9.17, 15) is 0 Å². The van der Waals surface area contributed by atoms with Crippen molar-refractivity contribution in [2.75, 3.05) is 20.6 Å². The van der Waals surface area contributed by atoms with Gasteiger partial charge >= 0.3 is 0 Å². The summed E-state index contributed by atoms with van der Waals surface area (Å²) in [6.07, 6.45) is 5.07. The van der Waals surface area contributed by atoms with E-state index < -0.39 is 0 Å². The minimum atomic E-state index is 1.19. The second-order valence-electron chi connectivity index (χ2n) is 6.38. The molecular formula is C21H25NS. The Labute approximate surface area is 143 Å². The second kappa shape index (κ2) is 7.76. The van der Waals surface area contributed by atoms with Crippen molar-refractivity contribution >= 4 is 21.4 Å². The molecule has 0 unspecified atom stereocenters. The maximum absolute atomic E-state index is 2.27. The minimum absolute atomic E-state index is 1.19. The Morgan fingerprint density at radius 1 is 0.826 bits per heavy atom. The van der Waals surface area contributed by atoms with Gasteiger partial charge in [0.2, 0.25) is 0 Å². The molecule has 0 radical (unpaired) electrons. The van der Waals surface area contributed by atoms with Gasteiger partial charge in [-0.25, -0.2) is 0 Å². The number of benzene rings is 2. The Bertz CT molecular complexity index is 743. The molecule has 23 heavy (non-hydrogen) atoms. The lowest BCUT2D eigenvalue weighted by atomic mass is 10.00. The van der Waals surface area contributed by atoms with Crippen LogP contribution in [-0.4, -0.2) is 25.5 Å². The fourth-order valence-corrected chi connectivity index (χ4v) is 4.35. The van der Waals surface area contributed by atoms with Gasteiger partial charge in [-0.1, -0.05) is 55.0 Å². The predicted molar refractivity (Wildman–Crippen MR) is 103 cm³/mol. The van der Waals surface area contributed by atoms with E-state index in [1.165, 1.54) is 53.4 Å². The fraction of sp³-hybridized carbons (Fsp3) is 0.333. The zero-order valence-corrected chi connectivity index (χ0v) is 14.9. The zero-order valence-electron chi connectivity index (χ0n) is 14.1. The molecule has 3 aromatic rings. The summed E-state index contributed by atoms with van der Waals surface area (Å²) in [6.45, 7) is 1.19. The van der Waals surface area contributed by atoms with Gasteiger partial charge in [0, 0.05) is 20.5 Å². The third kappa shape index (κ3) is 4.01. The quantitative estimate of drug-likeness (QED) is 0.493. The number of hydrogen-bond acceptors (Lipinski definition) is 2. The van der Waals surface area contributed by atoms with E-state index in [0.717, 1.165) is 0 Å². The number of unbranched alkanes of at least 4 members (excludes halogenated alkanes) is 2. The molecule has 0 aliphatic heterocycles. The summed E-state index contributed by atoms with van der Waals surface area (Å²) < 4.78 is 1.41. The van der Waals surface area contributed by atoms with E-state index in [1.54, 1.807) is 4.88 Å². The van der Waals surface area contributed by atoms with Crippen LogP contribution in [0.15, 0.2) is 54.6 Å². The molecule has 1 aromatic heterocycles. The molecule has 0 aliphatic rings. The second-order valence-corrected chi connectivity index (χ2v) is 7.51. The highest BCUT2D eigenvalue weighted by molar-refractivity contribution is 7.19. The first kappa shape index (κ1) is 16.2. The number of aryl methyl sites for hydroxylation is 1. The van der Waals surface area contributed by atoms with Gasteiger partial charge in [-0.2, -0.15) is 0 Å². The van der Waals surface area contributed by atoms with Crippen LogP contribution < -0.4 is 0 Å². The summed E-state index contributed by atoms with van der Waals surface area (Å²) in [4.78, 5) is 3.82. The van der Waals surface area contributed by atoms with Gasteiger partial charge in [-0.15, -0.1) is 11.3 Å². The average Bonchev–Trinajstić information content (AvgIpc) is 2.93. The van der Waals surface area contributed by atoms with Crippen LogP contribution >= 0.6 is 11.3 Å². The first-order valence-corrected chi connectivity index (χ1v) is 9.28. The summed E-state index contributed by atoms with van der Waals surface area (Å²) in [7, 11) is 4.30. The van der Waals surface area contributed by atoms with Gasteiger partial charge in [0.15, 0.2) is 0 Å². The Morgan fingerprint density at radius 3 is 2.35 bits per heavy atom. The fourth-order valence-electron chi connectivity index (χ4n) is 3.08. The van der Waals surface area contributed by atoms with Crippen LogP contribution in [-0.2, 0) is 6.42 Å². The average molecular weight is 324 g/mol. The van der Waals surface area contributed by atoms with E-state index in [-0.39, 0.29) is 0 Å². The molecule has 0 spiro atoms. The van der Waals surface area contributed by atoms with Gasteiger partial charge in [0.25, 0.3) is 0 Å². The third-order valence-corrected chi connectivity index (χ3v) is 5.47. The number of fused-ring (bicyclic) bond motifs is 1. The molecule has 120 valence electrons. The largest absolute Gasteiger partial charge is 0.309 e. The van der Waals surface area contributed by atoms with Crippen LogP contribution in [0.5, 0.6) is 0 Å². The molecule has 3 rings (SSSR count). The van der Waals surface area contributed by atoms with Crippen molar-refractivity contribution in [2.24, 2.45) is 0 Å². The van der Waals surface area contributed by atoms with Crippen LogP contribution in [0, 0.1) is 0 Å². The molecular weight excluding hydrogens is 298 g/mol. The third-order valence-electron chi connectivity index (χ3n) is 4.24. The Hall–Kier alpha value is -1.64. The molecule has 0 saturated heterocycles. The summed E-state index contributed by atoms with van der Waals surface area (Å²) in [5, 5.41) is 1.41. The first-order chi connectivity index (χ1) is 11.3. The van der Waals surface area contributed by atoms with Crippen molar-refractivity contribution in [2.45, 2.75) is 25.7 Å². The smallest absolute Gasteiger partial charge is 0.0352 e. The van der Waals surface area contributed by atoms with Crippen LogP contribution in [0.4, 0.5) is 0 Å². The van der Waals surface area contributed by atoms with Crippen LogP contribution in [0.25, 0.3) is 21.2 Å². The van der Waals surface area contributed by atoms with E-state index in [2.05, 4.69) is 73.6 Å². The molecule has 0 N–H and O–H groups in total. The Balaban J connectivity index is 1.82. The van der Waals surface area contributed by atoms with E-state index in [0.29, 0.717) is 0 Å². The lowest BCUT2D eigenvalue weighted by molar-refractivity contribution is 0.392. The van der Waals surface area contributed by atoms with Crippen molar-refractivity contribution in [3.63, 3.8) is 0 Å². The highest BCUT2D eigenvalue weighted by Crippen LogP contribution is 2.39. The van der Waals surface area contributed by atoms with E-state index >= 15 is 0 Å². The van der Waals surface area contributed by atoms with Crippen molar-refractivity contribution < 1.29 is 0 Å². The van der Waals surface area contributed by atoms with Gasteiger partial charge in [-0.3, -0.25) is 0 Å². The van der Waals surface area contributed by atoms with Crippen molar-refractivity contribution in [1.29, 1.82) is 0 Å². The van der Waals surface area contributed by atoms with Crippen LogP contribution in [0.1, 0.15) is 24.1 Å². The van der Waals surface area contributed by atoms with E-state index in [1.807, 2.05) is 11.3 Å². The highest BCUT2D eigenvalue weighted by Gasteiger charge is 2.13. The topological polar surface area (TPSA) is 3.24 Å². The minimum Gasteiger partial charge on any atom is -0.309 e. The Kier molecular flexibility index (Phi) is 5.47. The lowest BCUT2D eigenvalue weighted by Gasteiger charge is -2.09. The van der Waals surface area contributed by atoms with Crippen LogP contribution in [0.2, 0.25) is 0 Å². The van der Waals surface area contributed by atoms with E-state index in [4.69, 9.17) is 0 Å². The molecule has 1 nitrogen and oxygen atoms in total. The number of rotatable bonds is 7. The maximum Gasteiger partial charge on any atom is 0.0352 e. The highest BCUT2D eigenvalue weighted by atomic mass is 32.1. The number of hydrogen-bond donors (Lipinski definition) is 0. The molecule has 1 heterocycles. The lowest BCUT2D eigenvalue weighted by Crippen LogP contribution is -2.12. The molecule has 2 aromatic carbocycles. The van der Waals surface area contributed by atoms with Gasteiger partial charge in [0.1, 0.15) is 0 Å².